The van der Waals surface area contributed by atoms with Crippen LogP contribution in [-0.2, 0) is 9.63 Å². The van der Waals surface area contributed by atoms with Crippen LogP contribution in [0.15, 0.2) is 29.6 Å². The molecule has 0 aliphatic rings. The Kier molecular flexibility index (Phi) is 4.35. The van der Waals surface area contributed by atoms with E-state index in [0.717, 1.165) is 0 Å². The highest BCUT2D eigenvalue weighted by atomic mass is 35.5. The van der Waals surface area contributed by atoms with Gasteiger partial charge in [-0.15, -0.1) is 0 Å². The Morgan fingerprint density at radius 3 is 2.57 bits per heavy atom. The Labute approximate surface area is 129 Å². The first-order chi connectivity index (χ1) is 9.95. The molecule has 2 aromatic rings. The second-order valence-electron chi connectivity index (χ2n) is 3.85. The standard InChI is InChI=1S/C12H10Cl2N4O3/c1-21-17-9(11(19)20)8-5-18(12(15)16-8)10-6(13)3-2-4-7(10)14/h2-5H,1H3,(H2,15,16)(H,19,20). The smallest absolute Gasteiger partial charge is 0.360 e. The second kappa shape index (κ2) is 6.02. The summed E-state index contributed by atoms with van der Waals surface area (Å²) in [7, 11) is 1.23. The average molecular weight is 329 g/mol. The van der Waals surface area contributed by atoms with Gasteiger partial charge in [-0.05, 0) is 12.1 Å². The number of oxime groups is 1. The van der Waals surface area contributed by atoms with E-state index in [9.17, 15) is 4.79 Å². The van der Waals surface area contributed by atoms with Crippen molar-refractivity contribution < 1.29 is 14.7 Å². The molecule has 0 atom stereocenters. The monoisotopic (exact) mass is 328 g/mol. The van der Waals surface area contributed by atoms with Crippen molar-refractivity contribution in [3.63, 3.8) is 0 Å². The maximum atomic E-state index is 11.1. The molecular weight excluding hydrogens is 319 g/mol. The molecule has 0 saturated carbocycles. The third kappa shape index (κ3) is 2.93. The zero-order valence-corrected chi connectivity index (χ0v) is 12.3. The number of anilines is 1. The van der Waals surface area contributed by atoms with Crippen molar-refractivity contribution in [2.24, 2.45) is 5.16 Å². The summed E-state index contributed by atoms with van der Waals surface area (Å²) in [5, 5.41) is 13.2. The Hall–Kier alpha value is -2.25. The molecule has 0 spiro atoms. The summed E-state index contributed by atoms with van der Waals surface area (Å²) in [5.74, 6) is -1.28. The van der Waals surface area contributed by atoms with Crippen LogP contribution in [0, 0.1) is 0 Å². The number of benzene rings is 1. The van der Waals surface area contributed by atoms with E-state index < -0.39 is 5.97 Å². The molecule has 0 fully saturated rings. The van der Waals surface area contributed by atoms with Crippen LogP contribution in [0.4, 0.5) is 5.95 Å². The minimum atomic E-state index is -1.30. The number of aliphatic carboxylic acids is 1. The number of carbonyl (C=O) groups is 1. The number of nitrogen functional groups attached to an aromatic ring is 1. The van der Waals surface area contributed by atoms with E-state index >= 15 is 0 Å². The first-order valence-electron chi connectivity index (χ1n) is 5.59. The van der Waals surface area contributed by atoms with Crippen LogP contribution >= 0.6 is 23.2 Å². The van der Waals surface area contributed by atoms with Gasteiger partial charge in [-0.25, -0.2) is 9.78 Å². The summed E-state index contributed by atoms with van der Waals surface area (Å²) < 4.78 is 1.38. The minimum Gasteiger partial charge on any atom is -0.476 e. The van der Waals surface area contributed by atoms with Crippen molar-refractivity contribution in [2.75, 3.05) is 12.8 Å². The van der Waals surface area contributed by atoms with Gasteiger partial charge in [0, 0.05) is 6.20 Å². The third-order valence-electron chi connectivity index (χ3n) is 2.54. The number of hydrogen-bond donors (Lipinski definition) is 2. The summed E-state index contributed by atoms with van der Waals surface area (Å²) in [4.78, 5) is 19.6. The number of nitrogens with zero attached hydrogens (tertiary/aromatic N) is 3. The molecule has 110 valence electrons. The summed E-state index contributed by atoms with van der Waals surface area (Å²) in [6.07, 6.45) is 1.37. The van der Waals surface area contributed by atoms with Gasteiger partial charge in [0.2, 0.25) is 11.7 Å². The van der Waals surface area contributed by atoms with Crippen molar-refractivity contribution in [3.8, 4) is 5.69 Å². The minimum absolute atomic E-state index is 0.0186. The van der Waals surface area contributed by atoms with Crippen molar-refractivity contribution in [2.45, 2.75) is 0 Å². The normalized spacial score (nSPS) is 11.5. The highest BCUT2D eigenvalue weighted by Gasteiger charge is 2.20. The Morgan fingerprint density at radius 2 is 2.05 bits per heavy atom. The van der Waals surface area contributed by atoms with Crippen molar-refractivity contribution in [1.29, 1.82) is 0 Å². The molecule has 0 aliphatic carbocycles. The summed E-state index contributed by atoms with van der Waals surface area (Å²) in [5.41, 5.74) is 5.84. The van der Waals surface area contributed by atoms with Gasteiger partial charge in [-0.1, -0.05) is 34.4 Å². The maximum Gasteiger partial charge on any atom is 0.360 e. The fourth-order valence-electron chi connectivity index (χ4n) is 1.69. The number of aromatic nitrogens is 2. The number of halogens is 2. The summed E-state index contributed by atoms with van der Waals surface area (Å²) >= 11 is 12.2. The van der Waals surface area contributed by atoms with Gasteiger partial charge >= 0.3 is 5.97 Å². The maximum absolute atomic E-state index is 11.1. The number of rotatable bonds is 4. The number of carboxylic acids is 1. The number of para-hydroxylation sites is 1. The van der Waals surface area contributed by atoms with Crippen molar-refractivity contribution >= 4 is 40.8 Å². The van der Waals surface area contributed by atoms with Crippen LogP contribution < -0.4 is 5.73 Å². The van der Waals surface area contributed by atoms with E-state index in [1.807, 2.05) is 0 Å². The lowest BCUT2D eigenvalue weighted by Crippen LogP contribution is -2.15. The zero-order chi connectivity index (χ0) is 15.6. The van der Waals surface area contributed by atoms with E-state index in [-0.39, 0.29) is 17.4 Å². The molecular formula is C12H10Cl2N4O3. The molecule has 0 bridgehead atoms. The lowest BCUT2D eigenvalue weighted by atomic mass is 10.3. The first kappa shape index (κ1) is 15.1. The topological polar surface area (TPSA) is 103 Å². The van der Waals surface area contributed by atoms with Gasteiger partial charge in [0.25, 0.3) is 0 Å². The van der Waals surface area contributed by atoms with Crippen LogP contribution in [0.2, 0.25) is 10.0 Å². The van der Waals surface area contributed by atoms with Gasteiger partial charge in [0.1, 0.15) is 12.8 Å². The van der Waals surface area contributed by atoms with Gasteiger partial charge < -0.3 is 15.7 Å². The molecule has 7 nitrogen and oxygen atoms in total. The number of carboxylic acid groups (broad SMARTS) is 1. The summed E-state index contributed by atoms with van der Waals surface area (Å²) in [6.45, 7) is 0. The van der Waals surface area contributed by atoms with Gasteiger partial charge in [-0.3, -0.25) is 4.57 Å². The summed E-state index contributed by atoms with van der Waals surface area (Å²) in [6, 6.07) is 4.93. The molecule has 0 amide bonds. The van der Waals surface area contributed by atoms with Crippen LogP contribution in [-0.4, -0.2) is 33.4 Å². The van der Waals surface area contributed by atoms with Crippen molar-refractivity contribution in [3.05, 3.63) is 40.1 Å². The van der Waals surface area contributed by atoms with Gasteiger partial charge in [0.15, 0.2) is 0 Å². The van der Waals surface area contributed by atoms with Crippen LogP contribution in [0.5, 0.6) is 0 Å². The highest BCUT2D eigenvalue weighted by molar-refractivity contribution is 6.42. The molecule has 0 unspecified atom stereocenters. The second-order valence-corrected chi connectivity index (χ2v) is 4.67. The van der Waals surface area contributed by atoms with E-state index in [1.54, 1.807) is 18.2 Å². The fraction of sp³-hybridized carbons (Fsp3) is 0.0833. The predicted molar refractivity (Wildman–Crippen MR) is 79.2 cm³/mol. The Balaban J connectivity index is 2.59. The van der Waals surface area contributed by atoms with Gasteiger partial charge in [-0.2, -0.15) is 0 Å². The van der Waals surface area contributed by atoms with E-state index in [1.165, 1.54) is 17.9 Å². The molecule has 1 aromatic heterocycles. The Morgan fingerprint density at radius 1 is 1.43 bits per heavy atom. The third-order valence-corrected chi connectivity index (χ3v) is 3.15. The van der Waals surface area contributed by atoms with Crippen LogP contribution in [0.3, 0.4) is 0 Å². The lowest BCUT2D eigenvalue weighted by Gasteiger charge is -2.08. The van der Waals surface area contributed by atoms with E-state index in [4.69, 9.17) is 34.0 Å². The zero-order valence-electron chi connectivity index (χ0n) is 10.7. The Bertz CT molecular complexity index is 707. The number of hydrogen-bond acceptors (Lipinski definition) is 5. The number of imidazole rings is 1. The molecule has 1 heterocycles. The van der Waals surface area contributed by atoms with E-state index in [2.05, 4.69) is 15.0 Å². The molecule has 3 N–H and O–H groups in total. The highest BCUT2D eigenvalue weighted by Crippen LogP contribution is 2.30. The fourth-order valence-corrected chi connectivity index (χ4v) is 2.27. The first-order valence-corrected chi connectivity index (χ1v) is 6.35. The number of nitrogens with two attached hydrogens (primary N) is 1. The van der Waals surface area contributed by atoms with Crippen molar-refractivity contribution in [1.82, 2.24) is 9.55 Å². The SMILES string of the molecule is CON=C(C(=O)O)c1cn(-c2c(Cl)cccc2Cl)c(N)n1. The molecule has 0 aliphatic heterocycles. The lowest BCUT2D eigenvalue weighted by molar-refractivity contribution is -0.129. The molecule has 0 saturated heterocycles. The van der Waals surface area contributed by atoms with Crippen LogP contribution in [0.1, 0.15) is 5.69 Å². The van der Waals surface area contributed by atoms with Crippen LogP contribution in [0.25, 0.3) is 5.69 Å². The predicted octanol–water partition coefficient (Wildman–Crippen LogP) is 2.20. The largest absolute Gasteiger partial charge is 0.476 e. The molecule has 1 aromatic carbocycles. The van der Waals surface area contributed by atoms with E-state index in [0.29, 0.717) is 15.7 Å². The molecule has 21 heavy (non-hydrogen) atoms. The average Bonchev–Trinajstić information content (AvgIpc) is 2.77. The molecule has 9 heteroatoms. The molecule has 2 rings (SSSR count). The molecule has 0 radical (unpaired) electrons. The van der Waals surface area contributed by atoms with Gasteiger partial charge in [0.05, 0.1) is 15.7 Å². The quantitative estimate of drug-likeness (QED) is 0.661.